The van der Waals surface area contributed by atoms with Gasteiger partial charge in [0, 0.05) is 18.5 Å². The summed E-state index contributed by atoms with van der Waals surface area (Å²) in [4.78, 5) is 11.6. The van der Waals surface area contributed by atoms with Crippen LogP contribution in [-0.4, -0.2) is 11.0 Å². The number of aromatic hydroxyl groups is 1. The van der Waals surface area contributed by atoms with Gasteiger partial charge in [-0.1, -0.05) is 0 Å². The van der Waals surface area contributed by atoms with Gasteiger partial charge in [0.15, 0.2) is 0 Å². The van der Waals surface area contributed by atoms with Crippen LogP contribution in [-0.2, 0) is 11.2 Å². The van der Waals surface area contributed by atoms with Crippen LogP contribution in [0.1, 0.15) is 12.2 Å². The van der Waals surface area contributed by atoms with Gasteiger partial charge in [-0.2, -0.15) is 0 Å². The number of furan rings is 1. The molecule has 1 aromatic heterocycles. The number of anilines is 1. The van der Waals surface area contributed by atoms with Crippen molar-refractivity contribution in [3.8, 4) is 5.75 Å². The molecule has 0 spiro atoms. The van der Waals surface area contributed by atoms with Gasteiger partial charge in [-0.3, -0.25) is 4.79 Å². The molecule has 0 radical (unpaired) electrons. The number of benzene rings is 1. The average molecular weight is 231 g/mol. The Bertz CT molecular complexity index is 474. The van der Waals surface area contributed by atoms with Crippen LogP contribution in [0.4, 0.5) is 5.69 Å². The zero-order chi connectivity index (χ0) is 12.1. The standard InChI is InChI=1S/C13H13NO3/c15-11-5-3-10(4-6-11)14-13(16)8-7-12-2-1-9-17-12/h1-6,9,15H,7-8H2,(H,14,16). The van der Waals surface area contributed by atoms with Gasteiger partial charge in [-0.15, -0.1) is 0 Å². The number of aryl methyl sites for hydroxylation is 1. The summed E-state index contributed by atoms with van der Waals surface area (Å²) in [7, 11) is 0. The van der Waals surface area contributed by atoms with E-state index in [1.165, 1.54) is 12.1 Å². The maximum atomic E-state index is 11.6. The third-order valence-electron chi connectivity index (χ3n) is 2.33. The van der Waals surface area contributed by atoms with Gasteiger partial charge >= 0.3 is 0 Å². The van der Waals surface area contributed by atoms with Crippen molar-refractivity contribution in [1.82, 2.24) is 0 Å². The predicted octanol–water partition coefficient (Wildman–Crippen LogP) is 2.56. The lowest BCUT2D eigenvalue weighted by Gasteiger charge is -2.04. The Morgan fingerprint density at radius 2 is 2.00 bits per heavy atom. The van der Waals surface area contributed by atoms with E-state index in [1.807, 2.05) is 6.07 Å². The van der Waals surface area contributed by atoms with Gasteiger partial charge in [0.2, 0.25) is 5.91 Å². The topological polar surface area (TPSA) is 62.5 Å². The monoisotopic (exact) mass is 231 g/mol. The third kappa shape index (κ3) is 3.38. The fraction of sp³-hybridized carbons (Fsp3) is 0.154. The number of carbonyl (C=O) groups excluding carboxylic acids is 1. The number of rotatable bonds is 4. The Morgan fingerprint density at radius 3 is 2.65 bits per heavy atom. The van der Waals surface area contributed by atoms with Gasteiger partial charge in [-0.05, 0) is 36.4 Å². The molecule has 2 aromatic rings. The molecule has 88 valence electrons. The molecule has 0 saturated heterocycles. The van der Waals surface area contributed by atoms with Gasteiger partial charge in [-0.25, -0.2) is 0 Å². The predicted molar refractivity (Wildman–Crippen MR) is 63.8 cm³/mol. The molecule has 1 heterocycles. The van der Waals surface area contributed by atoms with E-state index in [0.29, 0.717) is 18.5 Å². The summed E-state index contributed by atoms with van der Waals surface area (Å²) in [6.07, 6.45) is 2.54. The summed E-state index contributed by atoms with van der Waals surface area (Å²) in [5, 5.41) is 11.8. The van der Waals surface area contributed by atoms with E-state index in [9.17, 15) is 4.79 Å². The van der Waals surface area contributed by atoms with Crippen molar-refractivity contribution in [3.05, 3.63) is 48.4 Å². The Kier molecular flexibility index (Phi) is 3.45. The maximum Gasteiger partial charge on any atom is 0.224 e. The summed E-state index contributed by atoms with van der Waals surface area (Å²) < 4.78 is 5.14. The molecule has 0 aliphatic carbocycles. The number of amides is 1. The molecular formula is C13H13NO3. The molecule has 4 heteroatoms. The van der Waals surface area contributed by atoms with Crippen molar-refractivity contribution < 1.29 is 14.3 Å². The number of phenols is 1. The molecule has 0 fully saturated rings. The van der Waals surface area contributed by atoms with Crippen LogP contribution in [0.15, 0.2) is 47.1 Å². The highest BCUT2D eigenvalue weighted by Gasteiger charge is 2.04. The first-order valence-corrected chi connectivity index (χ1v) is 5.35. The van der Waals surface area contributed by atoms with E-state index in [1.54, 1.807) is 24.5 Å². The molecule has 1 amide bonds. The fourth-order valence-electron chi connectivity index (χ4n) is 1.46. The Balaban J connectivity index is 1.83. The summed E-state index contributed by atoms with van der Waals surface area (Å²) in [5.41, 5.74) is 0.673. The fourth-order valence-corrected chi connectivity index (χ4v) is 1.46. The Hall–Kier alpha value is -2.23. The third-order valence-corrected chi connectivity index (χ3v) is 2.33. The first-order valence-electron chi connectivity index (χ1n) is 5.35. The lowest BCUT2D eigenvalue weighted by molar-refractivity contribution is -0.116. The van der Waals surface area contributed by atoms with Crippen LogP contribution in [0, 0.1) is 0 Å². The highest BCUT2D eigenvalue weighted by molar-refractivity contribution is 5.90. The van der Waals surface area contributed by atoms with Crippen LogP contribution in [0.5, 0.6) is 5.75 Å². The molecule has 0 aliphatic heterocycles. The summed E-state index contributed by atoms with van der Waals surface area (Å²) >= 11 is 0. The largest absolute Gasteiger partial charge is 0.508 e. The van der Waals surface area contributed by atoms with E-state index in [-0.39, 0.29) is 11.7 Å². The Labute approximate surface area is 98.9 Å². The molecule has 4 nitrogen and oxygen atoms in total. The number of hydrogen-bond acceptors (Lipinski definition) is 3. The summed E-state index contributed by atoms with van der Waals surface area (Å²) in [5.74, 6) is 0.900. The number of nitrogens with one attached hydrogen (secondary N) is 1. The molecular weight excluding hydrogens is 218 g/mol. The number of hydrogen-bond donors (Lipinski definition) is 2. The van der Waals surface area contributed by atoms with E-state index < -0.39 is 0 Å². The second-order valence-electron chi connectivity index (χ2n) is 3.67. The Morgan fingerprint density at radius 1 is 1.24 bits per heavy atom. The van der Waals surface area contributed by atoms with Crippen LogP contribution in [0.2, 0.25) is 0 Å². The van der Waals surface area contributed by atoms with Gasteiger partial charge in [0.05, 0.1) is 6.26 Å². The lowest BCUT2D eigenvalue weighted by Crippen LogP contribution is -2.11. The normalized spacial score (nSPS) is 10.1. The SMILES string of the molecule is O=C(CCc1ccco1)Nc1ccc(O)cc1. The van der Waals surface area contributed by atoms with Crippen LogP contribution < -0.4 is 5.32 Å². The van der Waals surface area contributed by atoms with Crippen molar-refractivity contribution >= 4 is 11.6 Å². The zero-order valence-electron chi connectivity index (χ0n) is 9.22. The highest BCUT2D eigenvalue weighted by Crippen LogP contribution is 2.14. The summed E-state index contributed by atoms with van der Waals surface area (Å²) in [6.45, 7) is 0. The van der Waals surface area contributed by atoms with Crippen molar-refractivity contribution in [1.29, 1.82) is 0 Å². The molecule has 2 rings (SSSR count). The van der Waals surface area contributed by atoms with Gasteiger partial charge < -0.3 is 14.8 Å². The minimum absolute atomic E-state index is 0.0768. The van der Waals surface area contributed by atoms with Crippen LogP contribution >= 0.6 is 0 Å². The second kappa shape index (κ2) is 5.21. The molecule has 1 aromatic carbocycles. The van der Waals surface area contributed by atoms with Crippen molar-refractivity contribution in [2.45, 2.75) is 12.8 Å². The second-order valence-corrected chi connectivity index (χ2v) is 3.67. The first-order chi connectivity index (χ1) is 8.24. The first kappa shape index (κ1) is 11.3. The van der Waals surface area contributed by atoms with Crippen molar-refractivity contribution in [2.75, 3.05) is 5.32 Å². The zero-order valence-corrected chi connectivity index (χ0v) is 9.22. The van der Waals surface area contributed by atoms with Crippen LogP contribution in [0.3, 0.4) is 0 Å². The quantitative estimate of drug-likeness (QED) is 0.795. The molecule has 0 unspecified atom stereocenters. The number of phenolic OH excluding ortho intramolecular Hbond substituents is 1. The highest BCUT2D eigenvalue weighted by atomic mass is 16.3. The molecule has 0 saturated carbocycles. The van der Waals surface area contributed by atoms with Gasteiger partial charge in [0.1, 0.15) is 11.5 Å². The van der Waals surface area contributed by atoms with Crippen molar-refractivity contribution in [3.63, 3.8) is 0 Å². The number of carbonyl (C=O) groups is 1. The molecule has 0 atom stereocenters. The lowest BCUT2D eigenvalue weighted by atomic mass is 10.2. The van der Waals surface area contributed by atoms with E-state index in [0.717, 1.165) is 5.76 Å². The van der Waals surface area contributed by atoms with E-state index >= 15 is 0 Å². The smallest absolute Gasteiger partial charge is 0.224 e. The molecule has 2 N–H and O–H groups in total. The molecule has 0 aliphatic rings. The van der Waals surface area contributed by atoms with E-state index in [4.69, 9.17) is 9.52 Å². The van der Waals surface area contributed by atoms with Gasteiger partial charge in [0.25, 0.3) is 0 Å². The van der Waals surface area contributed by atoms with Crippen LogP contribution in [0.25, 0.3) is 0 Å². The molecule has 17 heavy (non-hydrogen) atoms. The average Bonchev–Trinajstić information content (AvgIpc) is 2.83. The minimum atomic E-state index is -0.0768. The van der Waals surface area contributed by atoms with E-state index in [2.05, 4.69) is 5.32 Å². The van der Waals surface area contributed by atoms with Crippen molar-refractivity contribution in [2.24, 2.45) is 0 Å². The molecule has 0 bridgehead atoms. The maximum absolute atomic E-state index is 11.6. The summed E-state index contributed by atoms with van der Waals surface area (Å²) in [6, 6.07) is 10.0. The minimum Gasteiger partial charge on any atom is -0.508 e.